The maximum absolute atomic E-state index is 12.4. The van der Waals surface area contributed by atoms with Crippen LogP contribution in [-0.2, 0) is 4.79 Å². The van der Waals surface area contributed by atoms with Crippen LogP contribution in [0.15, 0.2) is 48.7 Å². The number of aromatic nitrogens is 1. The number of non-ortho nitro benzene ring substituents is 1. The van der Waals surface area contributed by atoms with Gasteiger partial charge in [-0.05, 0) is 29.8 Å². The van der Waals surface area contributed by atoms with Gasteiger partial charge in [0.1, 0.15) is 17.0 Å². The van der Waals surface area contributed by atoms with Crippen molar-refractivity contribution in [2.24, 2.45) is 5.92 Å². The van der Waals surface area contributed by atoms with Crippen molar-refractivity contribution >= 4 is 22.5 Å². The van der Waals surface area contributed by atoms with Gasteiger partial charge in [-0.25, -0.2) is 0 Å². The van der Waals surface area contributed by atoms with Crippen molar-refractivity contribution < 1.29 is 19.6 Å². The highest BCUT2D eigenvalue weighted by atomic mass is 16.6. The fourth-order valence-corrected chi connectivity index (χ4v) is 3.05. The Balaban J connectivity index is 2.23. The monoisotopic (exact) mass is 395 g/mol. The van der Waals surface area contributed by atoms with Gasteiger partial charge in [0.2, 0.25) is 5.91 Å². The molecule has 2 aromatic carbocycles. The Kier molecular flexibility index (Phi) is 5.63. The van der Waals surface area contributed by atoms with Crippen LogP contribution in [0.1, 0.15) is 31.0 Å². The third-order valence-corrected chi connectivity index (χ3v) is 4.64. The Morgan fingerprint density at radius 1 is 1.24 bits per heavy atom. The minimum Gasteiger partial charge on any atom is -0.505 e. The normalized spacial score (nSPS) is 12.0. The quantitative estimate of drug-likeness (QED) is 0.486. The number of benzene rings is 2. The number of rotatable bonds is 6. The first kappa shape index (κ1) is 20.1. The molecule has 1 unspecified atom stereocenters. The molecule has 0 saturated heterocycles. The highest BCUT2D eigenvalue weighted by Crippen LogP contribution is 2.39. The van der Waals surface area contributed by atoms with E-state index in [-0.39, 0.29) is 39.7 Å². The molecule has 1 aromatic heterocycles. The van der Waals surface area contributed by atoms with E-state index in [1.165, 1.54) is 25.4 Å². The smallest absolute Gasteiger partial charge is 0.279 e. The SMILES string of the molecule is COc1ccc(C(NC(=O)C(C)C)c2cc([N+](=O)[O-])c3cccnc3c2O)cc1. The number of nitrogens with one attached hydrogen (secondary N) is 1. The molecule has 1 heterocycles. The first-order valence-corrected chi connectivity index (χ1v) is 9.02. The van der Waals surface area contributed by atoms with Crippen molar-refractivity contribution in [3.63, 3.8) is 0 Å². The zero-order chi connectivity index (χ0) is 21.1. The lowest BCUT2D eigenvalue weighted by Crippen LogP contribution is -2.32. The summed E-state index contributed by atoms with van der Waals surface area (Å²) in [7, 11) is 1.54. The first-order chi connectivity index (χ1) is 13.8. The Bertz CT molecular complexity index is 1060. The number of carbonyl (C=O) groups is 1. The number of ether oxygens (including phenoxy) is 1. The largest absolute Gasteiger partial charge is 0.505 e. The van der Waals surface area contributed by atoms with Gasteiger partial charge in [0.15, 0.2) is 0 Å². The van der Waals surface area contributed by atoms with Crippen molar-refractivity contribution in [1.29, 1.82) is 0 Å². The highest BCUT2D eigenvalue weighted by molar-refractivity contribution is 5.94. The third-order valence-electron chi connectivity index (χ3n) is 4.64. The minimum atomic E-state index is -0.805. The van der Waals surface area contributed by atoms with Crippen molar-refractivity contribution in [2.45, 2.75) is 19.9 Å². The maximum Gasteiger partial charge on any atom is 0.279 e. The van der Waals surface area contributed by atoms with Crippen LogP contribution in [0.4, 0.5) is 5.69 Å². The van der Waals surface area contributed by atoms with Gasteiger partial charge in [-0.15, -0.1) is 0 Å². The number of phenols is 1. The molecule has 8 nitrogen and oxygen atoms in total. The molecule has 0 saturated carbocycles. The molecular formula is C21H21N3O5. The molecule has 1 amide bonds. The van der Waals surface area contributed by atoms with E-state index in [2.05, 4.69) is 10.3 Å². The second-order valence-electron chi connectivity index (χ2n) is 6.86. The number of nitrogens with zero attached hydrogens (tertiary/aromatic N) is 2. The Morgan fingerprint density at radius 3 is 2.52 bits per heavy atom. The lowest BCUT2D eigenvalue weighted by molar-refractivity contribution is -0.383. The number of phenolic OH excluding ortho intramolecular Hbond substituents is 1. The van der Waals surface area contributed by atoms with Crippen LogP contribution in [0.2, 0.25) is 0 Å². The van der Waals surface area contributed by atoms with Crippen molar-refractivity contribution in [1.82, 2.24) is 10.3 Å². The molecule has 0 aliphatic carbocycles. The van der Waals surface area contributed by atoms with Crippen molar-refractivity contribution in [2.75, 3.05) is 7.11 Å². The number of amides is 1. The van der Waals surface area contributed by atoms with Crippen LogP contribution >= 0.6 is 0 Å². The van der Waals surface area contributed by atoms with Gasteiger partial charge in [0.25, 0.3) is 5.69 Å². The number of nitro benzene ring substituents is 1. The van der Waals surface area contributed by atoms with E-state index >= 15 is 0 Å². The van der Waals surface area contributed by atoms with E-state index in [0.29, 0.717) is 11.3 Å². The van der Waals surface area contributed by atoms with Gasteiger partial charge >= 0.3 is 0 Å². The Morgan fingerprint density at radius 2 is 1.93 bits per heavy atom. The number of hydrogen-bond acceptors (Lipinski definition) is 6. The van der Waals surface area contributed by atoms with E-state index in [1.54, 1.807) is 44.2 Å². The molecule has 150 valence electrons. The molecule has 29 heavy (non-hydrogen) atoms. The molecule has 3 rings (SSSR count). The number of pyridine rings is 1. The average molecular weight is 395 g/mol. The minimum absolute atomic E-state index is 0.106. The molecule has 3 aromatic rings. The summed E-state index contributed by atoms with van der Waals surface area (Å²) in [5.41, 5.74) is 0.744. The summed E-state index contributed by atoms with van der Waals surface area (Å²) in [5.74, 6) is -0.158. The summed E-state index contributed by atoms with van der Waals surface area (Å²) in [6, 6.07) is 10.5. The molecule has 0 aliphatic rings. The number of hydrogen-bond donors (Lipinski definition) is 2. The summed E-state index contributed by atoms with van der Waals surface area (Å²) in [6.07, 6.45) is 1.45. The number of nitro groups is 1. The summed E-state index contributed by atoms with van der Waals surface area (Å²) in [6.45, 7) is 3.48. The Labute approximate surface area is 167 Å². The average Bonchev–Trinajstić information content (AvgIpc) is 2.72. The van der Waals surface area contributed by atoms with Crippen LogP contribution in [0.5, 0.6) is 11.5 Å². The van der Waals surface area contributed by atoms with E-state index in [0.717, 1.165) is 0 Å². The van der Waals surface area contributed by atoms with Gasteiger partial charge in [0, 0.05) is 23.7 Å². The van der Waals surface area contributed by atoms with Crippen molar-refractivity contribution in [3.05, 3.63) is 69.9 Å². The molecular weight excluding hydrogens is 374 g/mol. The predicted octanol–water partition coefficient (Wildman–Crippen LogP) is 3.72. The standard InChI is InChI=1S/C21H21N3O5/c1-12(2)21(26)23-18(13-6-8-14(29-3)9-7-13)16-11-17(24(27)28)15-5-4-10-22-19(15)20(16)25/h4-12,18,25H,1-3H3,(H,23,26). The second kappa shape index (κ2) is 8.14. The zero-order valence-electron chi connectivity index (χ0n) is 16.2. The van der Waals surface area contributed by atoms with Gasteiger partial charge in [-0.1, -0.05) is 26.0 Å². The fourth-order valence-electron chi connectivity index (χ4n) is 3.05. The van der Waals surface area contributed by atoms with Crippen LogP contribution in [0.3, 0.4) is 0 Å². The van der Waals surface area contributed by atoms with Crippen LogP contribution in [0.25, 0.3) is 10.9 Å². The lowest BCUT2D eigenvalue weighted by Gasteiger charge is -2.22. The first-order valence-electron chi connectivity index (χ1n) is 9.02. The van der Waals surface area contributed by atoms with Crippen molar-refractivity contribution in [3.8, 4) is 11.5 Å². The lowest BCUT2D eigenvalue weighted by atomic mass is 9.94. The molecule has 0 spiro atoms. The molecule has 0 fully saturated rings. The highest BCUT2D eigenvalue weighted by Gasteiger charge is 2.27. The molecule has 8 heteroatoms. The molecule has 0 aliphatic heterocycles. The maximum atomic E-state index is 12.4. The molecule has 2 N–H and O–H groups in total. The summed E-state index contributed by atoms with van der Waals surface area (Å²) in [5, 5.41) is 25.6. The molecule has 1 atom stereocenters. The van der Waals surface area contributed by atoms with Gasteiger partial charge in [-0.2, -0.15) is 0 Å². The summed E-state index contributed by atoms with van der Waals surface area (Å²) in [4.78, 5) is 27.7. The van der Waals surface area contributed by atoms with E-state index < -0.39 is 11.0 Å². The van der Waals surface area contributed by atoms with E-state index in [9.17, 15) is 20.0 Å². The van der Waals surface area contributed by atoms with Crippen LogP contribution in [0, 0.1) is 16.0 Å². The fraction of sp³-hybridized carbons (Fsp3) is 0.238. The van der Waals surface area contributed by atoms with E-state index in [4.69, 9.17) is 4.74 Å². The zero-order valence-corrected chi connectivity index (χ0v) is 16.2. The third kappa shape index (κ3) is 3.96. The molecule has 0 bridgehead atoms. The van der Waals surface area contributed by atoms with Gasteiger partial charge in [-0.3, -0.25) is 19.9 Å². The number of fused-ring (bicyclic) bond motifs is 1. The number of carbonyl (C=O) groups excluding carboxylic acids is 1. The van der Waals surface area contributed by atoms with Gasteiger partial charge < -0.3 is 15.2 Å². The number of methoxy groups -OCH3 is 1. The van der Waals surface area contributed by atoms with E-state index in [1.807, 2.05) is 0 Å². The Hall–Kier alpha value is -3.68. The van der Waals surface area contributed by atoms with Crippen LogP contribution in [-0.4, -0.2) is 28.0 Å². The van der Waals surface area contributed by atoms with Gasteiger partial charge in [0.05, 0.1) is 23.5 Å². The summed E-state index contributed by atoms with van der Waals surface area (Å²) >= 11 is 0. The molecule has 0 radical (unpaired) electrons. The van der Waals surface area contributed by atoms with Crippen LogP contribution < -0.4 is 10.1 Å². The second-order valence-corrected chi connectivity index (χ2v) is 6.86. The topological polar surface area (TPSA) is 115 Å². The predicted molar refractivity (Wildman–Crippen MR) is 108 cm³/mol. The number of aromatic hydroxyl groups is 1. The summed E-state index contributed by atoms with van der Waals surface area (Å²) < 4.78 is 5.17.